The van der Waals surface area contributed by atoms with E-state index in [1.807, 2.05) is 0 Å². The number of halogens is 2. The maximum atomic E-state index is 6.61. The van der Waals surface area contributed by atoms with Crippen molar-refractivity contribution in [1.29, 1.82) is 0 Å². The summed E-state index contributed by atoms with van der Waals surface area (Å²) in [6.45, 7) is 34.2. The summed E-state index contributed by atoms with van der Waals surface area (Å²) in [5.41, 5.74) is -0.0859. The van der Waals surface area contributed by atoms with Gasteiger partial charge in [-0.3, -0.25) is 0 Å². The van der Waals surface area contributed by atoms with Crippen LogP contribution in [0.25, 0.3) is 0 Å². The van der Waals surface area contributed by atoms with E-state index in [9.17, 15) is 0 Å². The van der Waals surface area contributed by atoms with Crippen LogP contribution < -0.4 is 34.0 Å². The van der Waals surface area contributed by atoms with Gasteiger partial charge in [0, 0.05) is 25.2 Å². The molecule has 0 unspecified atom stereocenters. The van der Waals surface area contributed by atoms with Crippen molar-refractivity contribution < 1.29 is 61.9 Å². The minimum Gasteiger partial charge on any atom is -1.00 e. The zero-order chi connectivity index (χ0) is 35.0. The summed E-state index contributed by atoms with van der Waals surface area (Å²) in [5.74, 6) is 0. The first-order valence-corrected chi connectivity index (χ1v) is 20.9. The largest absolute Gasteiger partial charge is 1.00 e. The van der Waals surface area contributed by atoms with Gasteiger partial charge < -0.3 is 61.9 Å². The summed E-state index contributed by atoms with van der Waals surface area (Å²) in [7, 11) is 0. The molecule has 0 aromatic carbocycles. The lowest BCUT2D eigenvalue weighted by atomic mass is 9.84. The van der Waals surface area contributed by atoms with Crippen molar-refractivity contribution in [3.63, 3.8) is 0 Å². The summed E-state index contributed by atoms with van der Waals surface area (Å²) in [6.07, 6.45) is 20.3. The zero-order valence-corrected chi connectivity index (χ0v) is 37.6. The molecule has 300 valence electrons. The molecule has 0 aliphatic carbocycles. The first-order valence-electron chi connectivity index (χ1n) is 20.9. The molecule has 49 heavy (non-hydrogen) atoms. The van der Waals surface area contributed by atoms with Crippen molar-refractivity contribution in [2.24, 2.45) is 5.41 Å². The molecule has 0 heterocycles. The Morgan fingerprint density at radius 1 is 0.347 bits per heavy atom. The summed E-state index contributed by atoms with van der Waals surface area (Å²) in [4.78, 5) is 0. The molecule has 0 atom stereocenters. The lowest BCUT2D eigenvalue weighted by Gasteiger charge is -2.38. The molecule has 0 aliphatic rings. The second kappa shape index (κ2) is 37.1. The van der Waals surface area contributed by atoms with E-state index in [-0.39, 0.29) is 39.4 Å². The summed E-state index contributed by atoms with van der Waals surface area (Å²) in [5, 5.41) is 0. The average Bonchev–Trinajstić information content (AvgIpc) is 3.10. The predicted molar refractivity (Wildman–Crippen MR) is 204 cm³/mol. The molecule has 0 saturated heterocycles. The minimum atomic E-state index is -0.0859. The molecule has 0 fully saturated rings. The van der Waals surface area contributed by atoms with E-state index in [2.05, 4.69) is 55.4 Å². The summed E-state index contributed by atoms with van der Waals surface area (Å²) >= 11 is 0. The van der Waals surface area contributed by atoms with Crippen molar-refractivity contribution in [2.75, 3.05) is 105 Å². The van der Waals surface area contributed by atoms with Crippen LogP contribution in [0.15, 0.2) is 0 Å². The van der Waals surface area contributed by atoms with Gasteiger partial charge in [-0.05, 0) is 67.2 Å². The number of quaternary nitrogens is 2. The number of hydrogen-bond acceptors (Lipinski definition) is 4. The van der Waals surface area contributed by atoms with Crippen molar-refractivity contribution in [3.05, 3.63) is 0 Å². The fraction of sp³-hybridized carbons (Fsp3) is 1.00. The molecule has 0 saturated carbocycles. The molecule has 0 bridgehead atoms. The molecular formula is C41H88Br2N2O4. The van der Waals surface area contributed by atoms with Crippen molar-refractivity contribution >= 4 is 0 Å². The molecule has 0 radical (unpaired) electrons. The van der Waals surface area contributed by atoms with E-state index < -0.39 is 0 Å². The van der Waals surface area contributed by atoms with Crippen LogP contribution in [-0.2, 0) is 18.9 Å². The van der Waals surface area contributed by atoms with Crippen LogP contribution >= 0.6 is 0 Å². The molecule has 8 heteroatoms. The second-order valence-electron chi connectivity index (χ2n) is 14.6. The van der Waals surface area contributed by atoms with E-state index in [1.165, 1.54) is 123 Å². The molecule has 0 rings (SSSR count). The highest BCUT2D eigenvalue weighted by molar-refractivity contribution is 4.80. The molecule has 0 aromatic heterocycles. The third-order valence-electron chi connectivity index (χ3n) is 11.4. The Balaban J connectivity index is -0.0000106. The third-order valence-corrected chi connectivity index (χ3v) is 11.4. The Labute approximate surface area is 329 Å². The van der Waals surface area contributed by atoms with Crippen LogP contribution in [0.4, 0.5) is 0 Å². The number of rotatable bonds is 38. The lowest BCUT2D eigenvalue weighted by molar-refractivity contribution is -0.923. The highest BCUT2D eigenvalue weighted by Gasteiger charge is 2.33. The number of unbranched alkanes of at least 4 members (excludes halogenated alkanes) is 12. The number of nitrogens with zero attached hydrogens (tertiary/aromatic N) is 2. The van der Waals surface area contributed by atoms with Crippen LogP contribution in [0.5, 0.6) is 0 Å². The number of likely N-dealkylation sites (N-methyl/N-ethyl adjacent to an activating group) is 2. The van der Waals surface area contributed by atoms with E-state index in [0.29, 0.717) is 0 Å². The van der Waals surface area contributed by atoms with E-state index in [1.54, 1.807) is 0 Å². The minimum absolute atomic E-state index is 0. The average molecular weight is 833 g/mol. The first-order chi connectivity index (χ1) is 22.9. The van der Waals surface area contributed by atoms with Gasteiger partial charge in [-0.25, -0.2) is 0 Å². The Hall–Kier alpha value is 0.720. The van der Waals surface area contributed by atoms with Gasteiger partial charge in [-0.1, -0.05) is 90.9 Å². The molecule has 6 nitrogen and oxygen atoms in total. The van der Waals surface area contributed by atoms with E-state index in [4.69, 9.17) is 18.9 Å². The first kappa shape index (κ1) is 54.1. The van der Waals surface area contributed by atoms with Gasteiger partial charge in [0.25, 0.3) is 0 Å². The third kappa shape index (κ3) is 27.0. The number of hydrogen-bond donors (Lipinski definition) is 0. The van der Waals surface area contributed by atoms with Crippen LogP contribution in [-0.4, -0.2) is 114 Å². The lowest BCUT2D eigenvalue weighted by Crippen LogP contribution is -3.00. The van der Waals surface area contributed by atoms with Crippen molar-refractivity contribution in [2.45, 2.75) is 158 Å². The van der Waals surface area contributed by atoms with Gasteiger partial charge >= 0.3 is 0 Å². The van der Waals surface area contributed by atoms with Gasteiger partial charge in [0.15, 0.2) is 0 Å². The SMILES string of the molecule is CCCCCCCCCCOCC(CCCCCCOCCCCC)(COCC[N+](CC)(CC)CC)COCC[N+](CC)(CC)CC.[Br-].[Br-]. The fourth-order valence-corrected chi connectivity index (χ4v) is 6.97. The second-order valence-corrected chi connectivity index (χ2v) is 14.6. The molecule has 0 amide bonds. The molecule has 0 N–H and O–H groups in total. The zero-order valence-electron chi connectivity index (χ0n) is 34.4. The molecule has 0 aromatic rings. The van der Waals surface area contributed by atoms with Gasteiger partial charge in [-0.2, -0.15) is 0 Å². The Morgan fingerprint density at radius 3 is 1.06 bits per heavy atom. The number of ether oxygens (including phenoxy) is 4. The summed E-state index contributed by atoms with van der Waals surface area (Å²) in [6, 6.07) is 0. The standard InChI is InChI=1S/C41H88N2O4.2BrH/c1-9-17-19-20-21-22-24-29-35-45-38-41(39-46-36-31-42(11-3,12-4)13-5,40-47-37-32-43(14-6,15-7)16-8)30-26-23-25-28-34-44-33-27-18-10-2;;/h9-40H2,1-8H3;2*1H/q+2;;/p-2. The van der Waals surface area contributed by atoms with Gasteiger partial charge in [-0.15, -0.1) is 0 Å². The van der Waals surface area contributed by atoms with Gasteiger partial charge in [0.1, 0.15) is 13.1 Å². The topological polar surface area (TPSA) is 36.9 Å². The van der Waals surface area contributed by atoms with Crippen LogP contribution in [0, 0.1) is 5.41 Å². The van der Waals surface area contributed by atoms with Crippen molar-refractivity contribution in [1.82, 2.24) is 0 Å². The van der Waals surface area contributed by atoms with Crippen molar-refractivity contribution in [3.8, 4) is 0 Å². The summed E-state index contributed by atoms with van der Waals surface area (Å²) < 4.78 is 27.9. The highest BCUT2D eigenvalue weighted by Crippen LogP contribution is 2.28. The highest BCUT2D eigenvalue weighted by atomic mass is 79.9. The Morgan fingerprint density at radius 2 is 0.653 bits per heavy atom. The normalized spacial score (nSPS) is 12.2. The van der Waals surface area contributed by atoms with E-state index in [0.717, 1.165) is 94.2 Å². The molecule has 0 spiro atoms. The molecule has 0 aliphatic heterocycles. The fourth-order valence-electron chi connectivity index (χ4n) is 6.97. The maximum absolute atomic E-state index is 6.61. The quantitative estimate of drug-likeness (QED) is 0.0696. The van der Waals surface area contributed by atoms with Crippen LogP contribution in [0.3, 0.4) is 0 Å². The smallest absolute Gasteiger partial charge is 0.102 e. The Kier molecular flexibility index (Phi) is 40.9. The predicted octanol–water partition coefficient (Wildman–Crippen LogP) is 4.08. The van der Waals surface area contributed by atoms with Crippen LogP contribution in [0.2, 0.25) is 0 Å². The maximum Gasteiger partial charge on any atom is 0.102 e. The molecular weight excluding hydrogens is 744 g/mol. The monoisotopic (exact) mass is 831 g/mol. The van der Waals surface area contributed by atoms with Gasteiger partial charge in [0.2, 0.25) is 0 Å². The van der Waals surface area contributed by atoms with Gasteiger partial charge in [0.05, 0.1) is 72.3 Å². The Bertz CT molecular complexity index is 580. The van der Waals surface area contributed by atoms with Crippen LogP contribution in [0.1, 0.15) is 158 Å². The van der Waals surface area contributed by atoms with E-state index >= 15 is 0 Å².